The summed E-state index contributed by atoms with van der Waals surface area (Å²) in [7, 11) is 0. The molecule has 0 N–H and O–H groups in total. The van der Waals surface area contributed by atoms with Crippen molar-refractivity contribution in [3.8, 4) is 0 Å². The van der Waals surface area contributed by atoms with E-state index in [0.717, 1.165) is 18.1 Å². The number of hydrogen-bond donors (Lipinski definition) is 0. The van der Waals surface area contributed by atoms with Crippen LogP contribution in [0.5, 0.6) is 0 Å². The van der Waals surface area contributed by atoms with Crippen molar-refractivity contribution >= 4 is 17.3 Å². The summed E-state index contributed by atoms with van der Waals surface area (Å²) < 4.78 is 27.6. The number of halogens is 2. The number of rotatable bonds is 5. The molecule has 24 heavy (non-hydrogen) atoms. The summed E-state index contributed by atoms with van der Waals surface area (Å²) in [6, 6.07) is 10.6. The van der Waals surface area contributed by atoms with Crippen molar-refractivity contribution in [2.24, 2.45) is 5.41 Å². The second kappa shape index (κ2) is 7.12. The smallest absolute Gasteiger partial charge is 0.237 e. The molecule has 0 saturated heterocycles. The third-order valence-corrected chi connectivity index (χ3v) is 4.10. The second-order valence-electron chi connectivity index (χ2n) is 6.71. The van der Waals surface area contributed by atoms with E-state index in [0.29, 0.717) is 12.1 Å². The Kier molecular flexibility index (Phi) is 5.37. The maximum atomic E-state index is 14.4. The van der Waals surface area contributed by atoms with Gasteiger partial charge in [-0.2, -0.15) is 0 Å². The molecule has 0 bridgehead atoms. The number of aryl methyl sites for hydroxylation is 1. The molecule has 4 heteroatoms. The van der Waals surface area contributed by atoms with Gasteiger partial charge >= 0.3 is 0 Å². The average Bonchev–Trinajstić information content (AvgIpc) is 2.51. The minimum Gasteiger partial charge on any atom is -0.278 e. The van der Waals surface area contributed by atoms with Crippen LogP contribution in [0.1, 0.15) is 39.2 Å². The van der Waals surface area contributed by atoms with Crippen molar-refractivity contribution in [2.45, 2.75) is 40.5 Å². The lowest BCUT2D eigenvalue weighted by molar-refractivity contribution is -0.126. The highest BCUT2D eigenvalue weighted by molar-refractivity contribution is 6.03. The van der Waals surface area contributed by atoms with Crippen LogP contribution in [-0.2, 0) is 4.79 Å². The predicted molar refractivity (Wildman–Crippen MR) is 93.4 cm³/mol. The summed E-state index contributed by atoms with van der Waals surface area (Å²) in [6.07, 6.45) is 1.52. The van der Waals surface area contributed by atoms with Gasteiger partial charge in [0.25, 0.3) is 0 Å². The quantitative estimate of drug-likeness (QED) is 0.681. The summed E-state index contributed by atoms with van der Waals surface area (Å²) in [5.74, 6) is -1.63. The number of anilines is 2. The number of benzene rings is 2. The van der Waals surface area contributed by atoms with Crippen molar-refractivity contribution in [3.63, 3.8) is 0 Å². The van der Waals surface area contributed by atoms with Crippen molar-refractivity contribution < 1.29 is 13.6 Å². The molecule has 0 aliphatic heterocycles. The van der Waals surface area contributed by atoms with Crippen LogP contribution in [0.25, 0.3) is 0 Å². The maximum absolute atomic E-state index is 14.4. The molecule has 0 aromatic heterocycles. The minimum absolute atomic E-state index is 0.0643. The Hall–Kier alpha value is -2.23. The molecule has 2 nitrogen and oxygen atoms in total. The molecule has 2 aromatic rings. The van der Waals surface area contributed by atoms with E-state index in [-0.39, 0.29) is 11.6 Å². The first-order chi connectivity index (χ1) is 11.3. The largest absolute Gasteiger partial charge is 0.278 e. The minimum atomic E-state index is -0.753. The number of carbonyl (C=O) groups excluding carboxylic acids is 1. The maximum Gasteiger partial charge on any atom is 0.237 e. The number of amides is 1. The molecule has 0 fully saturated rings. The average molecular weight is 331 g/mol. The van der Waals surface area contributed by atoms with Crippen molar-refractivity contribution in [1.82, 2.24) is 0 Å². The van der Waals surface area contributed by atoms with Crippen molar-refractivity contribution in [2.75, 3.05) is 4.90 Å². The van der Waals surface area contributed by atoms with Crippen molar-refractivity contribution in [1.29, 1.82) is 0 Å². The summed E-state index contributed by atoms with van der Waals surface area (Å²) in [5, 5.41) is 0. The van der Waals surface area contributed by atoms with E-state index in [1.807, 2.05) is 39.8 Å². The SMILES string of the molecule is CCCC(C)(C)C(=O)N(c1ccc(C)cc1)c1ccc(F)cc1F. The van der Waals surface area contributed by atoms with E-state index >= 15 is 0 Å². The molecule has 2 aromatic carbocycles. The van der Waals surface area contributed by atoms with E-state index < -0.39 is 17.0 Å². The van der Waals surface area contributed by atoms with Crippen LogP contribution in [0.2, 0.25) is 0 Å². The zero-order chi connectivity index (χ0) is 17.9. The number of carbonyl (C=O) groups is 1. The molecule has 0 heterocycles. The molecule has 0 atom stereocenters. The molecule has 2 rings (SSSR count). The van der Waals surface area contributed by atoms with E-state index in [9.17, 15) is 13.6 Å². The van der Waals surface area contributed by atoms with Gasteiger partial charge in [0.1, 0.15) is 11.6 Å². The second-order valence-corrected chi connectivity index (χ2v) is 6.71. The fourth-order valence-electron chi connectivity index (χ4n) is 2.76. The van der Waals surface area contributed by atoms with Crippen LogP contribution in [-0.4, -0.2) is 5.91 Å². The fourth-order valence-corrected chi connectivity index (χ4v) is 2.76. The van der Waals surface area contributed by atoms with Gasteiger partial charge in [0.15, 0.2) is 0 Å². The Bertz CT molecular complexity index is 723. The monoisotopic (exact) mass is 331 g/mol. The predicted octanol–water partition coefficient (Wildman–Crippen LogP) is 5.76. The third-order valence-electron chi connectivity index (χ3n) is 4.10. The molecule has 0 spiro atoms. The van der Waals surface area contributed by atoms with E-state index in [1.54, 1.807) is 12.1 Å². The van der Waals surface area contributed by atoms with Gasteiger partial charge in [0.05, 0.1) is 5.69 Å². The Morgan fingerprint density at radius 1 is 1.08 bits per heavy atom. The molecule has 1 amide bonds. The molecule has 0 saturated carbocycles. The first kappa shape index (κ1) is 18.1. The van der Waals surface area contributed by atoms with Gasteiger partial charge in [-0.05, 0) is 37.6 Å². The highest BCUT2D eigenvalue weighted by atomic mass is 19.1. The Labute approximate surface area is 142 Å². The Balaban J connectivity index is 2.57. The van der Waals surface area contributed by atoms with Gasteiger partial charge in [-0.15, -0.1) is 0 Å². The third kappa shape index (κ3) is 3.81. The summed E-state index contributed by atoms with van der Waals surface area (Å²) in [5.41, 5.74) is 1.02. The van der Waals surface area contributed by atoms with E-state index in [4.69, 9.17) is 0 Å². The van der Waals surface area contributed by atoms with Gasteiger partial charge in [-0.3, -0.25) is 9.69 Å². The number of hydrogen-bond acceptors (Lipinski definition) is 1. The molecular formula is C20H23F2NO. The number of nitrogens with zero attached hydrogens (tertiary/aromatic N) is 1. The van der Waals surface area contributed by atoms with E-state index in [2.05, 4.69) is 0 Å². The van der Waals surface area contributed by atoms with E-state index in [1.165, 1.54) is 17.0 Å². The zero-order valence-electron chi connectivity index (χ0n) is 14.6. The molecule has 0 unspecified atom stereocenters. The van der Waals surface area contributed by atoms with Crippen LogP contribution < -0.4 is 4.90 Å². The standard InChI is InChI=1S/C20H23F2NO/c1-5-12-20(3,4)19(24)23(16-9-6-14(2)7-10-16)18-11-8-15(21)13-17(18)22/h6-11,13H,5,12H2,1-4H3. The van der Waals surface area contributed by atoms with Crippen LogP contribution in [0.3, 0.4) is 0 Å². The first-order valence-electron chi connectivity index (χ1n) is 8.12. The summed E-state index contributed by atoms with van der Waals surface area (Å²) in [4.78, 5) is 14.5. The zero-order valence-corrected chi connectivity index (χ0v) is 14.6. The van der Waals surface area contributed by atoms with Crippen LogP contribution in [0.15, 0.2) is 42.5 Å². The molecule has 0 radical (unpaired) electrons. The lowest BCUT2D eigenvalue weighted by Crippen LogP contribution is -2.38. The fraction of sp³-hybridized carbons (Fsp3) is 0.350. The molecule has 128 valence electrons. The first-order valence-corrected chi connectivity index (χ1v) is 8.12. The Morgan fingerprint density at radius 2 is 1.71 bits per heavy atom. The van der Waals surface area contributed by atoms with Gasteiger partial charge in [0, 0.05) is 17.2 Å². The highest BCUT2D eigenvalue weighted by Crippen LogP contribution is 2.35. The highest BCUT2D eigenvalue weighted by Gasteiger charge is 2.34. The molecular weight excluding hydrogens is 308 g/mol. The van der Waals surface area contributed by atoms with Crippen molar-refractivity contribution in [3.05, 3.63) is 59.7 Å². The Morgan fingerprint density at radius 3 is 2.25 bits per heavy atom. The van der Waals surface area contributed by atoms with Gasteiger partial charge in [-0.1, -0.05) is 44.9 Å². The van der Waals surface area contributed by atoms with Gasteiger partial charge in [-0.25, -0.2) is 8.78 Å². The van der Waals surface area contributed by atoms with Crippen LogP contribution in [0.4, 0.5) is 20.2 Å². The molecule has 0 aliphatic rings. The van der Waals surface area contributed by atoms with Gasteiger partial charge in [0.2, 0.25) is 5.91 Å². The normalized spacial score (nSPS) is 11.4. The lowest BCUT2D eigenvalue weighted by Gasteiger charge is -2.32. The summed E-state index contributed by atoms with van der Waals surface area (Å²) in [6.45, 7) is 7.64. The molecule has 0 aliphatic carbocycles. The van der Waals surface area contributed by atoms with Crippen LogP contribution >= 0.6 is 0 Å². The lowest BCUT2D eigenvalue weighted by atomic mass is 9.86. The van der Waals surface area contributed by atoms with Crippen LogP contribution in [0, 0.1) is 24.0 Å². The topological polar surface area (TPSA) is 20.3 Å². The van der Waals surface area contributed by atoms with Gasteiger partial charge < -0.3 is 0 Å². The summed E-state index contributed by atoms with van der Waals surface area (Å²) >= 11 is 0.